The minimum Gasteiger partial charge on any atom is -0.294 e. The van der Waals surface area contributed by atoms with E-state index in [1.807, 2.05) is 43.3 Å². The number of rotatable bonds is 6. The number of aromatic nitrogens is 5. The van der Waals surface area contributed by atoms with Crippen LogP contribution in [0.2, 0.25) is 0 Å². The lowest BCUT2D eigenvalue weighted by Crippen LogP contribution is -2.06. The SMILES string of the molecule is Cc1ccc(C(=O)CCCn2nnc(-c3ccncc3)n2)cc1. The van der Waals surface area contributed by atoms with Crippen molar-refractivity contribution in [2.75, 3.05) is 0 Å². The quantitative estimate of drug-likeness (QED) is 0.655. The van der Waals surface area contributed by atoms with Crippen molar-refractivity contribution in [3.05, 3.63) is 59.9 Å². The summed E-state index contributed by atoms with van der Waals surface area (Å²) in [6, 6.07) is 11.3. The van der Waals surface area contributed by atoms with E-state index in [-0.39, 0.29) is 5.78 Å². The van der Waals surface area contributed by atoms with E-state index >= 15 is 0 Å². The normalized spacial score (nSPS) is 10.7. The van der Waals surface area contributed by atoms with E-state index in [0.717, 1.165) is 16.7 Å². The molecule has 0 fully saturated rings. The van der Waals surface area contributed by atoms with Gasteiger partial charge in [-0.05, 0) is 30.7 Å². The van der Waals surface area contributed by atoms with E-state index in [0.29, 0.717) is 25.2 Å². The van der Waals surface area contributed by atoms with Crippen molar-refractivity contribution in [2.45, 2.75) is 26.3 Å². The molecule has 0 radical (unpaired) electrons. The first-order chi connectivity index (χ1) is 11.2. The molecule has 2 aromatic heterocycles. The van der Waals surface area contributed by atoms with E-state index in [4.69, 9.17) is 0 Å². The average molecular weight is 307 g/mol. The molecular weight excluding hydrogens is 290 g/mol. The Morgan fingerprint density at radius 2 is 1.83 bits per heavy atom. The van der Waals surface area contributed by atoms with Crippen LogP contribution in [-0.2, 0) is 6.54 Å². The summed E-state index contributed by atoms with van der Waals surface area (Å²) in [6.07, 6.45) is 4.53. The molecule has 3 rings (SSSR count). The van der Waals surface area contributed by atoms with Crippen LogP contribution in [0.3, 0.4) is 0 Å². The van der Waals surface area contributed by atoms with Gasteiger partial charge in [-0.1, -0.05) is 29.8 Å². The maximum absolute atomic E-state index is 12.1. The molecule has 0 spiro atoms. The summed E-state index contributed by atoms with van der Waals surface area (Å²) in [7, 11) is 0. The van der Waals surface area contributed by atoms with Crippen LogP contribution in [0.1, 0.15) is 28.8 Å². The van der Waals surface area contributed by atoms with E-state index in [9.17, 15) is 4.79 Å². The fourth-order valence-corrected chi connectivity index (χ4v) is 2.22. The molecule has 0 aliphatic heterocycles. The summed E-state index contributed by atoms with van der Waals surface area (Å²) >= 11 is 0. The highest BCUT2D eigenvalue weighted by Crippen LogP contribution is 2.11. The number of Topliss-reactive ketones (excluding diaryl/α,β-unsaturated/α-hetero) is 1. The second-order valence-corrected chi connectivity index (χ2v) is 5.34. The lowest BCUT2D eigenvalue weighted by Gasteiger charge is -2.01. The zero-order chi connectivity index (χ0) is 16.1. The van der Waals surface area contributed by atoms with Gasteiger partial charge >= 0.3 is 0 Å². The fraction of sp³-hybridized carbons (Fsp3) is 0.235. The number of hydrogen-bond acceptors (Lipinski definition) is 5. The van der Waals surface area contributed by atoms with Crippen molar-refractivity contribution in [2.24, 2.45) is 0 Å². The van der Waals surface area contributed by atoms with Crippen LogP contribution in [0.5, 0.6) is 0 Å². The molecule has 0 aliphatic rings. The van der Waals surface area contributed by atoms with Crippen LogP contribution in [0.4, 0.5) is 0 Å². The number of carbonyl (C=O) groups excluding carboxylic acids is 1. The second-order valence-electron chi connectivity index (χ2n) is 5.34. The Balaban J connectivity index is 1.54. The highest BCUT2D eigenvalue weighted by molar-refractivity contribution is 5.96. The zero-order valence-corrected chi connectivity index (χ0v) is 12.9. The molecule has 0 bridgehead atoms. The lowest BCUT2D eigenvalue weighted by molar-refractivity contribution is 0.0977. The number of tetrazole rings is 1. The van der Waals surface area contributed by atoms with Crippen molar-refractivity contribution >= 4 is 5.78 Å². The summed E-state index contributed by atoms with van der Waals surface area (Å²) in [6.45, 7) is 2.57. The zero-order valence-electron chi connectivity index (χ0n) is 12.9. The summed E-state index contributed by atoms with van der Waals surface area (Å²) in [5, 5.41) is 12.4. The number of nitrogens with zero attached hydrogens (tertiary/aromatic N) is 5. The van der Waals surface area contributed by atoms with Gasteiger partial charge in [-0.25, -0.2) is 0 Å². The Bertz CT molecular complexity index is 780. The van der Waals surface area contributed by atoms with Gasteiger partial charge in [0.25, 0.3) is 0 Å². The minimum absolute atomic E-state index is 0.138. The van der Waals surface area contributed by atoms with Gasteiger partial charge < -0.3 is 0 Å². The highest BCUT2D eigenvalue weighted by atomic mass is 16.1. The Morgan fingerprint density at radius 3 is 2.57 bits per heavy atom. The first kappa shape index (κ1) is 15.0. The molecule has 0 aliphatic carbocycles. The van der Waals surface area contributed by atoms with Crippen LogP contribution >= 0.6 is 0 Å². The van der Waals surface area contributed by atoms with E-state index in [1.54, 1.807) is 12.4 Å². The number of pyridine rings is 1. The first-order valence-electron chi connectivity index (χ1n) is 7.50. The highest BCUT2D eigenvalue weighted by Gasteiger charge is 2.08. The minimum atomic E-state index is 0.138. The molecular formula is C17H17N5O. The average Bonchev–Trinajstić information content (AvgIpc) is 3.05. The monoisotopic (exact) mass is 307 g/mol. The molecule has 0 unspecified atom stereocenters. The summed E-state index contributed by atoms with van der Waals surface area (Å²) in [5.74, 6) is 0.705. The first-order valence-corrected chi connectivity index (χ1v) is 7.50. The van der Waals surface area contributed by atoms with Gasteiger partial charge in [0.2, 0.25) is 5.82 Å². The van der Waals surface area contributed by atoms with Crippen LogP contribution in [0, 0.1) is 6.92 Å². The predicted molar refractivity (Wildman–Crippen MR) is 85.8 cm³/mol. The Kier molecular flexibility index (Phi) is 4.52. The molecule has 23 heavy (non-hydrogen) atoms. The fourth-order valence-electron chi connectivity index (χ4n) is 2.22. The maximum atomic E-state index is 12.1. The third kappa shape index (κ3) is 3.85. The summed E-state index contributed by atoms with van der Waals surface area (Å²) in [4.78, 5) is 17.6. The molecule has 3 aromatic rings. The van der Waals surface area contributed by atoms with Gasteiger partial charge in [-0.15, -0.1) is 10.2 Å². The molecule has 1 aromatic carbocycles. The number of hydrogen-bond donors (Lipinski definition) is 0. The Hall–Kier alpha value is -2.89. The van der Waals surface area contributed by atoms with Crippen molar-refractivity contribution < 1.29 is 4.79 Å². The predicted octanol–water partition coefficient (Wildman–Crippen LogP) is 2.71. The summed E-state index contributed by atoms with van der Waals surface area (Å²) < 4.78 is 0. The number of benzene rings is 1. The molecule has 0 N–H and O–H groups in total. The molecule has 0 atom stereocenters. The van der Waals surface area contributed by atoms with Gasteiger partial charge in [-0.2, -0.15) is 4.80 Å². The molecule has 2 heterocycles. The van der Waals surface area contributed by atoms with Crippen LogP contribution in [0.15, 0.2) is 48.8 Å². The molecule has 0 saturated heterocycles. The lowest BCUT2D eigenvalue weighted by atomic mass is 10.1. The molecule has 116 valence electrons. The molecule has 0 amide bonds. The van der Waals surface area contributed by atoms with Gasteiger partial charge in [0.05, 0.1) is 6.54 Å². The largest absolute Gasteiger partial charge is 0.294 e. The summed E-state index contributed by atoms with van der Waals surface area (Å²) in [5.41, 5.74) is 2.78. The Labute approximate surface area is 134 Å². The number of aryl methyl sites for hydroxylation is 2. The van der Waals surface area contributed by atoms with Crippen molar-refractivity contribution in [3.63, 3.8) is 0 Å². The van der Waals surface area contributed by atoms with E-state index in [2.05, 4.69) is 20.4 Å². The Morgan fingerprint density at radius 1 is 1.09 bits per heavy atom. The number of carbonyl (C=O) groups is 1. The van der Waals surface area contributed by atoms with E-state index in [1.165, 1.54) is 4.80 Å². The van der Waals surface area contributed by atoms with Gasteiger partial charge in [0.15, 0.2) is 5.78 Å². The van der Waals surface area contributed by atoms with Gasteiger partial charge in [0.1, 0.15) is 0 Å². The topological polar surface area (TPSA) is 73.6 Å². The van der Waals surface area contributed by atoms with Crippen LogP contribution in [0.25, 0.3) is 11.4 Å². The van der Waals surface area contributed by atoms with Crippen LogP contribution in [-0.4, -0.2) is 31.0 Å². The second kappa shape index (κ2) is 6.91. The van der Waals surface area contributed by atoms with Crippen molar-refractivity contribution in [1.29, 1.82) is 0 Å². The standard InChI is InChI=1S/C17H17N5O/c1-13-4-6-14(7-5-13)16(23)3-2-12-22-20-17(19-21-22)15-8-10-18-11-9-15/h4-11H,2-3,12H2,1H3. The van der Waals surface area contributed by atoms with E-state index < -0.39 is 0 Å². The van der Waals surface area contributed by atoms with Gasteiger partial charge in [-0.3, -0.25) is 9.78 Å². The van der Waals surface area contributed by atoms with Crippen molar-refractivity contribution in [3.8, 4) is 11.4 Å². The number of ketones is 1. The van der Waals surface area contributed by atoms with Gasteiger partial charge in [0, 0.05) is 29.9 Å². The smallest absolute Gasteiger partial charge is 0.205 e. The maximum Gasteiger partial charge on any atom is 0.205 e. The molecule has 6 nitrogen and oxygen atoms in total. The third-order valence-corrected chi connectivity index (χ3v) is 3.53. The molecule has 6 heteroatoms. The van der Waals surface area contributed by atoms with Crippen molar-refractivity contribution in [1.82, 2.24) is 25.2 Å². The third-order valence-electron chi connectivity index (χ3n) is 3.53. The van der Waals surface area contributed by atoms with Crippen LogP contribution < -0.4 is 0 Å². The molecule has 0 saturated carbocycles.